The third-order valence-electron chi connectivity index (χ3n) is 4.51. The van der Waals surface area contributed by atoms with Gasteiger partial charge in [0.1, 0.15) is 5.75 Å². The maximum atomic E-state index is 12.6. The Hall–Kier alpha value is -3.86. The van der Waals surface area contributed by atoms with E-state index in [0.29, 0.717) is 16.9 Å². The van der Waals surface area contributed by atoms with Gasteiger partial charge in [-0.1, -0.05) is 61.2 Å². The van der Waals surface area contributed by atoms with Gasteiger partial charge in [0.2, 0.25) is 0 Å². The fourth-order valence-corrected chi connectivity index (χ4v) is 2.95. The summed E-state index contributed by atoms with van der Waals surface area (Å²) >= 11 is 0. The lowest BCUT2D eigenvalue weighted by atomic mass is 10.0. The van der Waals surface area contributed by atoms with Crippen molar-refractivity contribution in [3.8, 4) is 5.75 Å². The maximum Gasteiger partial charge on any atom is 0.341 e. The van der Waals surface area contributed by atoms with E-state index < -0.39 is 5.97 Å². The van der Waals surface area contributed by atoms with Crippen LogP contribution in [0.3, 0.4) is 0 Å². The van der Waals surface area contributed by atoms with Crippen LogP contribution in [0.2, 0.25) is 0 Å². The van der Waals surface area contributed by atoms with Crippen molar-refractivity contribution in [2.24, 2.45) is 0 Å². The lowest BCUT2D eigenvalue weighted by Gasteiger charge is -2.04. The number of carboxylic acids is 1. The molecule has 5 nitrogen and oxygen atoms in total. The minimum atomic E-state index is -1.01. The molecule has 152 valence electrons. The molecule has 0 amide bonds. The van der Waals surface area contributed by atoms with Gasteiger partial charge in [-0.2, -0.15) is 0 Å². The number of nitrogens with zero attached hydrogens (tertiary/aromatic N) is 1. The summed E-state index contributed by atoms with van der Waals surface area (Å²) in [6.07, 6.45) is 10.3. The van der Waals surface area contributed by atoms with Crippen LogP contribution in [0.5, 0.6) is 5.75 Å². The second-order valence-corrected chi connectivity index (χ2v) is 6.74. The molecule has 2 aromatic carbocycles. The smallest absolute Gasteiger partial charge is 0.341 e. The van der Waals surface area contributed by atoms with Crippen LogP contribution in [0.15, 0.2) is 79.6 Å². The molecule has 5 heteroatoms. The molecule has 0 radical (unpaired) electrons. The predicted molar refractivity (Wildman–Crippen MR) is 118 cm³/mol. The molecule has 3 aromatic rings. The standard InChI is InChI=1S/C25H23NO4/c1-2-19-9-11-21(12-10-19)25(29)22-13-15-26(17-22)14-4-3-6-20-7-5-8-23(16-20)30-18-24(27)28/h2-3,5-13,15-17H,1,4,14,18H2,(H,27,28)/b6-3+. The van der Waals surface area contributed by atoms with Crippen molar-refractivity contribution in [2.45, 2.75) is 13.0 Å². The maximum absolute atomic E-state index is 12.6. The van der Waals surface area contributed by atoms with Crippen molar-refractivity contribution in [3.05, 3.63) is 102 Å². The summed E-state index contributed by atoms with van der Waals surface area (Å²) in [7, 11) is 0. The summed E-state index contributed by atoms with van der Waals surface area (Å²) < 4.78 is 7.17. The van der Waals surface area contributed by atoms with Crippen molar-refractivity contribution < 1.29 is 19.4 Å². The average Bonchev–Trinajstić information content (AvgIpc) is 3.24. The number of ketones is 1. The number of benzene rings is 2. The number of carboxylic acid groups (broad SMARTS) is 1. The van der Waals surface area contributed by atoms with E-state index in [2.05, 4.69) is 6.58 Å². The highest BCUT2D eigenvalue weighted by molar-refractivity contribution is 6.08. The van der Waals surface area contributed by atoms with Crippen LogP contribution in [-0.4, -0.2) is 28.0 Å². The zero-order chi connectivity index (χ0) is 21.3. The molecular formula is C25H23NO4. The number of aromatic nitrogens is 1. The van der Waals surface area contributed by atoms with Gasteiger partial charge in [-0.15, -0.1) is 0 Å². The molecule has 0 bridgehead atoms. The molecule has 1 N–H and O–H groups in total. The first-order chi connectivity index (χ1) is 14.5. The molecular weight excluding hydrogens is 378 g/mol. The van der Waals surface area contributed by atoms with E-state index in [1.54, 1.807) is 18.2 Å². The summed E-state index contributed by atoms with van der Waals surface area (Å²) in [6.45, 7) is 4.10. The van der Waals surface area contributed by atoms with Crippen molar-refractivity contribution in [2.75, 3.05) is 6.61 Å². The van der Waals surface area contributed by atoms with Crippen LogP contribution in [0, 0.1) is 0 Å². The van der Waals surface area contributed by atoms with Crippen molar-refractivity contribution in [1.29, 1.82) is 0 Å². The van der Waals surface area contributed by atoms with Crippen LogP contribution < -0.4 is 4.74 Å². The van der Waals surface area contributed by atoms with Crippen molar-refractivity contribution in [1.82, 2.24) is 4.57 Å². The number of hydrogen-bond acceptors (Lipinski definition) is 3. The SMILES string of the molecule is C=Cc1ccc(C(=O)c2ccn(CC/C=C/c3cccc(OCC(=O)O)c3)c2)cc1. The van der Waals surface area contributed by atoms with Crippen LogP contribution in [-0.2, 0) is 11.3 Å². The highest BCUT2D eigenvalue weighted by atomic mass is 16.5. The zero-order valence-corrected chi connectivity index (χ0v) is 16.5. The summed E-state index contributed by atoms with van der Waals surface area (Å²) in [5.41, 5.74) is 3.23. The molecule has 0 aliphatic heterocycles. The predicted octanol–water partition coefficient (Wildman–Crippen LogP) is 4.93. The second kappa shape index (κ2) is 10.1. The van der Waals surface area contributed by atoms with Gasteiger partial charge in [0.15, 0.2) is 12.4 Å². The third kappa shape index (κ3) is 5.82. The lowest BCUT2D eigenvalue weighted by Crippen LogP contribution is -2.09. The fourth-order valence-electron chi connectivity index (χ4n) is 2.95. The number of carbonyl (C=O) groups is 2. The minimum Gasteiger partial charge on any atom is -0.482 e. The molecule has 0 aliphatic rings. The molecule has 0 saturated heterocycles. The van der Waals surface area contributed by atoms with Gasteiger partial charge in [0.25, 0.3) is 0 Å². The Morgan fingerprint density at radius 2 is 1.83 bits per heavy atom. The lowest BCUT2D eigenvalue weighted by molar-refractivity contribution is -0.139. The number of aryl methyl sites for hydroxylation is 1. The molecule has 0 fully saturated rings. The summed E-state index contributed by atoms with van der Waals surface area (Å²) in [5, 5.41) is 8.68. The molecule has 0 unspecified atom stereocenters. The molecule has 0 saturated carbocycles. The monoisotopic (exact) mass is 401 g/mol. The van der Waals surface area contributed by atoms with E-state index in [1.807, 2.05) is 71.6 Å². The van der Waals surface area contributed by atoms with E-state index in [1.165, 1.54) is 0 Å². The highest BCUT2D eigenvalue weighted by Crippen LogP contribution is 2.15. The van der Waals surface area contributed by atoms with Gasteiger partial charge in [-0.25, -0.2) is 4.79 Å². The first kappa shape index (κ1) is 20.9. The van der Waals surface area contributed by atoms with E-state index in [9.17, 15) is 9.59 Å². The minimum absolute atomic E-state index is 0.00178. The van der Waals surface area contributed by atoms with Crippen molar-refractivity contribution >= 4 is 23.9 Å². The summed E-state index contributed by atoms with van der Waals surface area (Å²) in [5.74, 6) is -0.485. The van der Waals surface area contributed by atoms with Crippen LogP contribution >= 0.6 is 0 Å². The zero-order valence-electron chi connectivity index (χ0n) is 16.5. The van der Waals surface area contributed by atoms with E-state index in [4.69, 9.17) is 9.84 Å². The van der Waals surface area contributed by atoms with Gasteiger partial charge >= 0.3 is 5.97 Å². The highest BCUT2D eigenvalue weighted by Gasteiger charge is 2.10. The Morgan fingerprint density at radius 3 is 2.57 bits per heavy atom. The van der Waals surface area contributed by atoms with Crippen LogP contribution in [0.1, 0.15) is 33.5 Å². The number of hydrogen-bond donors (Lipinski definition) is 1. The summed E-state index contributed by atoms with van der Waals surface area (Å²) in [4.78, 5) is 23.2. The Labute approximate surface area is 175 Å². The molecule has 30 heavy (non-hydrogen) atoms. The Kier molecular flexibility index (Phi) is 7.00. The fraction of sp³-hybridized carbons (Fsp3) is 0.120. The molecule has 3 rings (SSSR count). The Balaban J connectivity index is 1.54. The first-order valence-electron chi connectivity index (χ1n) is 9.59. The van der Waals surface area contributed by atoms with Crippen LogP contribution in [0.4, 0.5) is 0 Å². The quantitative estimate of drug-likeness (QED) is 0.489. The van der Waals surface area contributed by atoms with Gasteiger partial charge < -0.3 is 14.4 Å². The number of ether oxygens (including phenoxy) is 1. The molecule has 0 atom stereocenters. The Morgan fingerprint density at radius 1 is 1.03 bits per heavy atom. The normalized spacial score (nSPS) is 10.8. The third-order valence-corrected chi connectivity index (χ3v) is 4.51. The molecule has 0 aliphatic carbocycles. The van der Waals surface area contributed by atoms with Gasteiger partial charge in [-0.3, -0.25) is 4.79 Å². The topological polar surface area (TPSA) is 68.5 Å². The molecule has 1 heterocycles. The van der Waals surface area contributed by atoms with E-state index in [0.717, 1.165) is 24.1 Å². The Bertz CT molecular complexity index is 1060. The number of carbonyl (C=O) groups excluding carboxylic acids is 1. The number of allylic oxidation sites excluding steroid dienone is 1. The first-order valence-corrected chi connectivity index (χ1v) is 9.59. The van der Waals surface area contributed by atoms with Crippen LogP contribution in [0.25, 0.3) is 12.2 Å². The van der Waals surface area contributed by atoms with Gasteiger partial charge in [0.05, 0.1) is 0 Å². The van der Waals surface area contributed by atoms with E-state index >= 15 is 0 Å². The van der Waals surface area contributed by atoms with E-state index in [-0.39, 0.29) is 12.4 Å². The number of aliphatic carboxylic acids is 1. The van der Waals surface area contributed by atoms with Gasteiger partial charge in [0, 0.05) is 30.1 Å². The summed E-state index contributed by atoms with van der Waals surface area (Å²) in [6, 6.07) is 16.5. The number of rotatable bonds is 10. The van der Waals surface area contributed by atoms with Crippen molar-refractivity contribution in [3.63, 3.8) is 0 Å². The molecule has 0 spiro atoms. The largest absolute Gasteiger partial charge is 0.482 e. The van der Waals surface area contributed by atoms with Gasteiger partial charge in [-0.05, 0) is 35.7 Å². The molecule has 1 aromatic heterocycles. The second-order valence-electron chi connectivity index (χ2n) is 6.74. The average molecular weight is 401 g/mol.